The van der Waals surface area contributed by atoms with Crippen LogP contribution in [0.25, 0.3) is 0 Å². The molecule has 6 nitrogen and oxygen atoms in total. The van der Waals surface area contributed by atoms with Crippen LogP contribution in [-0.4, -0.2) is 63.4 Å². The lowest BCUT2D eigenvalue weighted by molar-refractivity contribution is 0.0322. The summed E-state index contributed by atoms with van der Waals surface area (Å²) in [7, 11) is 0. The molecule has 2 N–H and O–H groups in total. The Morgan fingerprint density at radius 1 is 1.36 bits per heavy atom. The van der Waals surface area contributed by atoms with E-state index in [4.69, 9.17) is 15.9 Å². The third-order valence-electron chi connectivity index (χ3n) is 3.80. The highest BCUT2D eigenvalue weighted by molar-refractivity contribution is 5.79. The molecular formula is C19H28N4O2. The Morgan fingerprint density at radius 3 is 2.96 bits per heavy atom. The van der Waals surface area contributed by atoms with Crippen molar-refractivity contribution in [2.24, 2.45) is 4.99 Å². The third-order valence-corrected chi connectivity index (χ3v) is 3.80. The Bertz CT molecular complexity index is 577. The third kappa shape index (κ3) is 7.46. The van der Waals surface area contributed by atoms with E-state index >= 15 is 0 Å². The minimum Gasteiger partial charge on any atom is -0.492 e. The first-order valence-corrected chi connectivity index (χ1v) is 8.79. The molecule has 0 aromatic heterocycles. The summed E-state index contributed by atoms with van der Waals surface area (Å²) in [6, 6.07) is 8.06. The molecule has 1 aliphatic heterocycles. The van der Waals surface area contributed by atoms with E-state index in [9.17, 15) is 0 Å². The summed E-state index contributed by atoms with van der Waals surface area (Å²) in [5.74, 6) is 4.15. The van der Waals surface area contributed by atoms with Gasteiger partial charge in [-0.05, 0) is 24.6 Å². The number of ether oxygens (including phenoxy) is 2. The standard InChI is InChI=1S/C19H28N4O2/c1-3-8-21-19(20-4-2)22-16-17-6-5-7-18(15-17)25-14-11-23-9-12-24-13-10-23/h1,5-7,15H,4,8-14,16H2,2H3,(H2,20,21,22). The van der Waals surface area contributed by atoms with Crippen molar-refractivity contribution < 1.29 is 9.47 Å². The molecule has 0 bridgehead atoms. The number of hydrogen-bond donors (Lipinski definition) is 2. The van der Waals surface area contributed by atoms with Crippen molar-refractivity contribution in [3.05, 3.63) is 29.8 Å². The fourth-order valence-corrected chi connectivity index (χ4v) is 2.50. The molecule has 2 rings (SSSR count). The predicted octanol–water partition coefficient (Wildman–Crippen LogP) is 1.09. The summed E-state index contributed by atoms with van der Waals surface area (Å²) in [6.07, 6.45) is 5.28. The number of morpholine rings is 1. The summed E-state index contributed by atoms with van der Waals surface area (Å²) < 4.78 is 11.2. The van der Waals surface area contributed by atoms with E-state index in [1.54, 1.807) is 0 Å². The molecule has 1 aromatic rings. The molecule has 0 aliphatic carbocycles. The summed E-state index contributed by atoms with van der Waals surface area (Å²) in [6.45, 7) is 9.04. The van der Waals surface area contributed by atoms with Crippen molar-refractivity contribution >= 4 is 5.96 Å². The highest BCUT2D eigenvalue weighted by atomic mass is 16.5. The fourth-order valence-electron chi connectivity index (χ4n) is 2.50. The number of aliphatic imine (C=N–C) groups is 1. The van der Waals surface area contributed by atoms with E-state index in [1.165, 1.54) is 0 Å². The number of nitrogens with one attached hydrogen (secondary N) is 2. The number of terminal acetylenes is 1. The van der Waals surface area contributed by atoms with E-state index < -0.39 is 0 Å². The minimum atomic E-state index is 0.455. The van der Waals surface area contributed by atoms with Gasteiger partial charge in [0.05, 0.1) is 26.3 Å². The van der Waals surface area contributed by atoms with E-state index in [1.807, 2.05) is 31.2 Å². The van der Waals surface area contributed by atoms with Crippen LogP contribution in [0.1, 0.15) is 12.5 Å². The smallest absolute Gasteiger partial charge is 0.192 e. The van der Waals surface area contributed by atoms with Crippen molar-refractivity contribution in [3.8, 4) is 18.1 Å². The molecule has 0 unspecified atom stereocenters. The second kappa shape index (κ2) is 11.3. The number of rotatable bonds is 8. The molecule has 136 valence electrons. The molecule has 1 aliphatic rings. The minimum absolute atomic E-state index is 0.455. The van der Waals surface area contributed by atoms with Gasteiger partial charge in [-0.2, -0.15) is 0 Å². The first-order valence-electron chi connectivity index (χ1n) is 8.79. The number of nitrogens with zero attached hydrogens (tertiary/aromatic N) is 2. The van der Waals surface area contributed by atoms with Crippen LogP contribution in [0.15, 0.2) is 29.3 Å². The predicted molar refractivity (Wildman–Crippen MR) is 101 cm³/mol. The molecule has 0 amide bonds. The zero-order valence-corrected chi connectivity index (χ0v) is 15.0. The summed E-state index contributed by atoms with van der Waals surface area (Å²) in [5.41, 5.74) is 1.10. The second-order valence-corrected chi connectivity index (χ2v) is 5.70. The van der Waals surface area contributed by atoms with Gasteiger partial charge < -0.3 is 20.1 Å². The SMILES string of the molecule is C#CCNC(=NCc1cccc(OCCN2CCOCC2)c1)NCC. The first kappa shape index (κ1) is 19.1. The van der Waals surface area contributed by atoms with Crippen LogP contribution in [0.4, 0.5) is 0 Å². The van der Waals surface area contributed by atoms with Gasteiger partial charge in [-0.25, -0.2) is 4.99 Å². The summed E-state index contributed by atoms with van der Waals surface area (Å²) >= 11 is 0. The van der Waals surface area contributed by atoms with E-state index in [-0.39, 0.29) is 0 Å². The molecule has 6 heteroatoms. The normalized spacial score (nSPS) is 15.4. The van der Waals surface area contributed by atoms with E-state index in [0.717, 1.165) is 56.7 Å². The Kier molecular flexibility index (Phi) is 8.67. The second-order valence-electron chi connectivity index (χ2n) is 5.70. The van der Waals surface area contributed by atoms with Gasteiger partial charge in [0.2, 0.25) is 0 Å². The molecule has 1 fully saturated rings. The maximum atomic E-state index is 5.88. The van der Waals surface area contributed by atoms with Crippen LogP contribution in [0.3, 0.4) is 0 Å². The van der Waals surface area contributed by atoms with Crippen LogP contribution < -0.4 is 15.4 Å². The summed E-state index contributed by atoms with van der Waals surface area (Å²) in [5, 5.41) is 6.25. The highest BCUT2D eigenvalue weighted by Crippen LogP contribution is 2.14. The molecule has 1 saturated heterocycles. The van der Waals surface area contributed by atoms with Gasteiger partial charge in [0.15, 0.2) is 5.96 Å². The molecule has 0 atom stereocenters. The Hall–Kier alpha value is -2.23. The van der Waals surface area contributed by atoms with Gasteiger partial charge in [-0.3, -0.25) is 4.90 Å². The lowest BCUT2D eigenvalue weighted by atomic mass is 10.2. The van der Waals surface area contributed by atoms with Crippen LogP contribution in [0.5, 0.6) is 5.75 Å². The molecule has 1 heterocycles. The molecule has 0 radical (unpaired) electrons. The number of hydrogen-bond acceptors (Lipinski definition) is 4. The number of benzene rings is 1. The zero-order valence-electron chi connectivity index (χ0n) is 15.0. The van der Waals surface area contributed by atoms with Gasteiger partial charge in [0.1, 0.15) is 12.4 Å². The average Bonchev–Trinajstić information content (AvgIpc) is 2.65. The largest absolute Gasteiger partial charge is 0.492 e. The van der Waals surface area contributed by atoms with Crippen LogP contribution in [0.2, 0.25) is 0 Å². The maximum absolute atomic E-state index is 5.88. The van der Waals surface area contributed by atoms with Crippen molar-refractivity contribution in [1.29, 1.82) is 0 Å². The van der Waals surface area contributed by atoms with Crippen LogP contribution in [-0.2, 0) is 11.3 Å². The van der Waals surface area contributed by atoms with Crippen LogP contribution >= 0.6 is 0 Å². The van der Waals surface area contributed by atoms with Crippen molar-refractivity contribution in [2.75, 3.05) is 52.5 Å². The van der Waals surface area contributed by atoms with E-state index in [0.29, 0.717) is 19.7 Å². The molecule has 0 spiro atoms. The lowest BCUT2D eigenvalue weighted by Crippen LogP contribution is -2.38. The van der Waals surface area contributed by atoms with Crippen LogP contribution in [0, 0.1) is 12.3 Å². The van der Waals surface area contributed by atoms with Crippen molar-refractivity contribution in [1.82, 2.24) is 15.5 Å². The number of guanidine groups is 1. The fraction of sp³-hybridized carbons (Fsp3) is 0.526. The monoisotopic (exact) mass is 344 g/mol. The lowest BCUT2D eigenvalue weighted by Gasteiger charge is -2.26. The highest BCUT2D eigenvalue weighted by Gasteiger charge is 2.09. The Labute approximate surface area is 150 Å². The topological polar surface area (TPSA) is 58.1 Å². The maximum Gasteiger partial charge on any atom is 0.192 e. The van der Waals surface area contributed by atoms with E-state index in [2.05, 4.69) is 26.4 Å². The zero-order chi connectivity index (χ0) is 17.7. The molecular weight excluding hydrogens is 316 g/mol. The quantitative estimate of drug-likeness (QED) is 0.420. The first-order chi connectivity index (χ1) is 12.3. The Morgan fingerprint density at radius 2 is 2.20 bits per heavy atom. The average molecular weight is 344 g/mol. The Balaban J connectivity index is 1.81. The van der Waals surface area contributed by atoms with Gasteiger partial charge in [-0.15, -0.1) is 6.42 Å². The van der Waals surface area contributed by atoms with Gasteiger partial charge >= 0.3 is 0 Å². The van der Waals surface area contributed by atoms with Gasteiger partial charge in [0, 0.05) is 26.2 Å². The molecule has 1 aromatic carbocycles. The van der Waals surface area contributed by atoms with Gasteiger partial charge in [-0.1, -0.05) is 18.1 Å². The van der Waals surface area contributed by atoms with Crippen molar-refractivity contribution in [3.63, 3.8) is 0 Å². The van der Waals surface area contributed by atoms with Gasteiger partial charge in [0.25, 0.3) is 0 Å². The molecule has 25 heavy (non-hydrogen) atoms. The van der Waals surface area contributed by atoms with Crippen molar-refractivity contribution in [2.45, 2.75) is 13.5 Å². The summed E-state index contributed by atoms with van der Waals surface area (Å²) in [4.78, 5) is 6.90. The molecule has 0 saturated carbocycles.